The van der Waals surface area contributed by atoms with Crippen LogP contribution < -0.4 is 0 Å². The first-order valence-electron chi connectivity index (χ1n) is 5.80. The molecule has 14 heavy (non-hydrogen) atoms. The van der Waals surface area contributed by atoms with Crippen LogP contribution in [0.25, 0.3) is 0 Å². The maximum Gasteiger partial charge on any atom is 0.0217 e. The second-order valence-electron chi connectivity index (χ2n) is 4.99. The maximum atomic E-state index is 3.33. The van der Waals surface area contributed by atoms with E-state index >= 15 is 0 Å². The quantitative estimate of drug-likeness (QED) is 0.609. The van der Waals surface area contributed by atoms with Crippen molar-refractivity contribution < 1.29 is 0 Å². The summed E-state index contributed by atoms with van der Waals surface area (Å²) in [5.74, 6) is 8.65. The normalized spacial score (nSPS) is 29.2. The highest BCUT2D eigenvalue weighted by atomic mass is 15.1. The summed E-state index contributed by atoms with van der Waals surface area (Å²) < 4.78 is 0. The van der Waals surface area contributed by atoms with Gasteiger partial charge in [-0.05, 0) is 11.8 Å². The van der Waals surface area contributed by atoms with Crippen LogP contribution in [0, 0.1) is 29.6 Å². The van der Waals surface area contributed by atoms with E-state index < -0.39 is 0 Å². The Kier molecular flexibility index (Phi) is 4.48. The van der Waals surface area contributed by atoms with E-state index in [4.69, 9.17) is 0 Å². The average Bonchev–Trinajstić information content (AvgIpc) is 2.08. The van der Waals surface area contributed by atoms with Crippen molar-refractivity contribution in [1.82, 2.24) is 4.90 Å². The SMILES string of the molecule is CC(C)CN1CCC#CC(C)C(C)C1. The maximum absolute atomic E-state index is 3.33. The minimum Gasteiger partial charge on any atom is -0.302 e. The molecule has 0 bridgehead atoms. The van der Waals surface area contributed by atoms with Gasteiger partial charge < -0.3 is 4.90 Å². The molecule has 2 unspecified atom stereocenters. The monoisotopic (exact) mass is 193 g/mol. The minimum absolute atomic E-state index is 0.560. The Hall–Kier alpha value is -0.480. The van der Waals surface area contributed by atoms with Crippen LogP contribution >= 0.6 is 0 Å². The first kappa shape index (κ1) is 11.6. The predicted octanol–water partition coefficient (Wildman–Crippen LogP) is 2.62. The molecule has 0 spiro atoms. The number of nitrogens with zero attached hydrogens (tertiary/aromatic N) is 1. The molecule has 80 valence electrons. The lowest BCUT2D eigenvalue weighted by Gasteiger charge is -2.29. The molecule has 0 fully saturated rings. The summed E-state index contributed by atoms with van der Waals surface area (Å²) in [6.07, 6.45) is 1.05. The van der Waals surface area contributed by atoms with Gasteiger partial charge in [0.05, 0.1) is 0 Å². The third kappa shape index (κ3) is 3.72. The fourth-order valence-corrected chi connectivity index (χ4v) is 1.93. The van der Waals surface area contributed by atoms with Crippen molar-refractivity contribution in [2.45, 2.75) is 34.1 Å². The molecule has 1 aliphatic rings. The Bertz CT molecular complexity index is 221. The van der Waals surface area contributed by atoms with Gasteiger partial charge in [0.25, 0.3) is 0 Å². The highest BCUT2D eigenvalue weighted by Gasteiger charge is 2.16. The Morgan fingerprint density at radius 3 is 2.71 bits per heavy atom. The van der Waals surface area contributed by atoms with Gasteiger partial charge in [0.2, 0.25) is 0 Å². The molecule has 2 atom stereocenters. The van der Waals surface area contributed by atoms with Gasteiger partial charge in [-0.25, -0.2) is 0 Å². The first-order valence-corrected chi connectivity index (χ1v) is 5.80. The van der Waals surface area contributed by atoms with E-state index in [9.17, 15) is 0 Å². The summed E-state index contributed by atoms with van der Waals surface area (Å²) in [4.78, 5) is 2.57. The molecule has 1 heteroatoms. The number of hydrogen-bond donors (Lipinski definition) is 0. The molecule has 0 saturated heterocycles. The van der Waals surface area contributed by atoms with Gasteiger partial charge in [-0.15, -0.1) is 5.92 Å². The molecule has 0 aromatic carbocycles. The summed E-state index contributed by atoms with van der Waals surface area (Å²) in [5, 5.41) is 0. The van der Waals surface area contributed by atoms with Crippen LogP contribution in [-0.2, 0) is 0 Å². The molecule has 1 aliphatic heterocycles. The zero-order chi connectivity index (χ0) is 10.6. The van der Waals surface area contributed by atoms with Gasteiger partial charge in [0.15, 0.2) is 0 Å². The van der Waals surface area contributed by atoms with Gasteiger partial charge in [-0.3, -0.25) is 0 Å². The molecule has 0 saturated carbocycles. The topological polar surface area (TPSA) is 3.24 Å². The summed E-state index contributed by atoms with van der Waals surface area (Å²) in [5.41, 5.74) is 0. The van der Waals surface area contributed by atoms with Gasteiger partial charge in [0.1, 0.15) is 0 Å². The zero-order valence-electron chi connectivity index (χ0n) is 10.0. The van der Waals surface area contributed by atoms with Gasteiger partial charge in [-0.2, -0.15) is 0 Å². The van der Waals surface area contributed by atoms with E-state index in [1.807, 2.05) is 0 Å². The van der Waals surface area contributed by atoms with E-state index in [2.05, 4.69) is 44.4 Å². The van der Waals surface area contributed by atoms with E-state index in [0.717, 1.165) is 18.9 Å². The number of hydrogen-bond acceptors (Lipinski definition) is 1. The fourth-order valence-electron chi connectivity index (χ4n) is 1.93. The largest absolute Gasteiger partial charge is 0.302 e. The van der Waals surface area contributed by atoms with E-state index in [1.54, 1.807) is 0 Å². The Morgan fingerprint density at radius 1 is 1.36 bits per heavy atom. The van der Waals surface area contributed by atoms with E-state index in [1.165, 1.54) is 13.1 Å². The van der Waals surface area contributed by atoms with E-state index in [0.29, 0.717) is 11.8 Å². The van der Waals surface area contributed by atoms with Crippen LogP contribution in [0.4, 0.5) is 0 Å². The highest BCUT2D eigenvalue weighted by molar-refractivity contribution is 5.05. The molecule has 1 heterocycles. The summed E-state index contributed by atoms with van der Waals surface area (Å²) in [6.45, 7) is 12.7. The van der Waals surface area contributed by atoms with Gasteiger partial charge in [-0.1, -0.05) is 33.6 Å². The molecule has 0 radical (unpaired) electrons. The van der Waals surface area contributed by atoms with Crippen LogP contribution in [0.5, 0.6) is 0 Å². The smallest absolute Gasteiger partial charge is 0.0217 e. The third-order valence-corrected chi connectivity index (χ3v) is 2.91. The van der Waals surface area contributed by atoms with Crippen LogP contribution in [0.3, 0.4) is 0 Å². The Balaban J connectivity index is 2.53. The predicted molar refractivity (Wildman–Crippen MR) is 62.0 cm³/mol. The van der Waals surface area contributed by atoms with Crippen molar-refractivity contribution in [1.29, 1.82) is 0 Å². The van der Waals surface area contributed by atoms with Crippen LogP contribution in [0.15, 0.2) is 0 Å². The van der Waals surface area contributed by atoms with Crippen molar-refractivity contribution in [3.8, 4) is 11.8 Å². The molecule has 0 aliphatic carbocycles. The molecule has 1 rings (SSSR count). The van der Waals surface area contributed by atoms with Crippen LogP contribution in [-0.4, -0.2) is 24.5 Å². The third-order valence-electron chi connectivity index (χ3n) is 2.91. The molecule has 1 nitrogen and oxygen atoms in total. The van der Waals surface area contributed by atoms with Crippen molar-refractivity contribution >= 4 is 0 Å². The highest BCUT2D eigenvalue weighted by Crippen LogP contribution is 2.14. The summed E-state index contributed by atoms with van der Waals surface area (Å²) >= 11 is 0. The average molecular weight is 193 g/mol. The molecular weight excluding hydrogens is 170 g/mol. The van der Waals surface area contributed by atoms with Crippen LogP contribution in [0.2, 0.25) is 0 Å². The van der Waals surface area contributed by atoms with Crippen molar-refractivity contribution in [3.05, 3.63) is 0 Å². The number of rotatable bonds is 2. The Morgan fingerprint density at radius 2 is 2.07 bits per heavy atom. The second kappa shape index (κ2) is 5.41. The summed E-state index contributed by atoms with van der Waals surface area (Å²) in [7, 11) is 0. The van der Waals surface area contributed by atoms with Crippen LogP contribution in [0.1, 0.15) is 34.1 Å². The molecule has 0 N–H and O–H groups in total. The van der Waals surface area contributed by atoms with Crippen molar-refractivity contribution in [3.63, 3.8) is 0 Å². The van der Waals surface area contributed by atoms with E-state index in [-0.39, 0.29) is 0 Å². The lowest BCUT2D eigenvalue weighted by Crippen LogP contribution is -2.35. The second-order valence-corrected chi connectivity index (χ2v) is 4.99. The molecule has 0 aromatic rings. The lowest BCUT2D eigenvalue weighted by atomic mass is 9.94. The fraction of sp³-hybridized carbons (Fsp3) is 0.846. The van der Waals surface area contributed by atoms with Crippen molar-refractivity contribution in [2.24, 2.45) is 17.8 Å². The molecule has 0 aromatic heterocycles. The standard InChI is InChI=1S/C13H23N/c1-11(2)9-14-8-6-5-7-12(3)13(4)10-14/h11-13H,6,8-10H2,1-4H3. The zero-order valence-corrected chi connectivity index (χ0v) is 10.0. The van der Waals surface area contributed by atoms with Gasteiger partial charge in [0, 0.05) is 32.0 Å². The van der Waals surface area contributed by atoms with Crippen molar-refractivity contribution in [2.75, 3.05) is 19.6 Å². The summed E-state index contributed by atoms with van der Waals surface area (Å²) in [6, 6.07) is 0. The minimum atomic E-state index is 0.560. The molecular formula is C13H23N. The van der Waals surface area contributed by atoms with Gasteiger partial charge >= 0.3 is 0 Å². The Labute approximate surface area is 88.9 Å². The lowest BCUT2D eigenvalue weighted by molar-refractivity contribution is 0.201. The molecule has 0 amide bonds. The first-order chi connectivity index (χ1) is 6.59.